The van der Waals surface area contributed by atoms with Crippen molar-refractivity contribution in [2.75, 3.05) is 20.2 Å². The van der Waals surface area contributed by atoms with Gasteiger partial charge in [0, 0.05) is 25.1 Å². The maximum atomic E-state index is 13.8. The van der Waals surface area contributed by atoms with Gasteiger partial charge < -0.3 is 15.2 Å². The smallest absolute Gasteiger partial charge is 0.308 e. The van der Waals surface area contributed by atoms with Crippen molar-refractivity contribution >= 4 is 5.97 Å². The Morgan fingerprint density at radius 3 is 2.88 bits per heavy atom. The summed E-state index contributed by atoms with van der Waals surface area (Å²) in [6.07, 6.45) is 0. The zero-order chi connectivity index (χ0) is 12.4. The SMILES string of the molecule is COc1ccc([C@@H]2CNC[C@H]2C(=O)O)c(F)c1. The molecule has 17 heavy (non-hydrogen) atoms. The molecule has 1 aromatic rings. The molecule has 1 aliphatic heterocycles. The van der Waals surface area contributed by atoms with Gasteiger partial charge in [-0.1, -0.05) is 6.07 Å². The van der Waals surface area contributed by atoms with E-state index in [0.717, 1.165) is 0 Å². The maximum absolute atomic E-state index is 13.8. The van der Waals surface area contributed by atoms with Gasteiger partial charge in [0.05, 0.1) is 13.0 Å². The fourth-order valence-corrected chi connectivity index (χ4v) is 2.20. The molecule has 0 unspecified atom stereocenters. The van der Waals surface area contributed by atoms with Gasteiger partial charge in [0.1, 0.15) is 11.6 Å². The molecule has 0 bridgehead atoms. The van der Waals surface area contributed by atoms with Crippen LogP contribution in [-0.4, -0.2) is 31.3 Å². The highest BCUT2D eigenvalue weighted by Crippen LogP contribution is 2.31. The molecule has 1 fully saturated rings. The van der Waals surface area contributed by atoms with Gasteiger partial charge in [0.15, 0.2) is 0 Å². The Morgan fingerprint density at radius 2 is 2.29 bits per heavy atom. The highest BCUT2D eigenvalue weighted by molar-refractivity contribution is 5.72. The van der Waals surface area contributed by atoms with E-state index in [1.807, 2.05) is 0 Å². The molecule has 1 saturated heterocycles. The number of aliphatic carboxylic acids is 1. The topological polar surface area (TPSA) is 58.6 Å². The van der Waals surface area contributed by atoms with Crippen LogP contribution < -0.4 is 10.1 Å². The number of hydrogen-bond acceptors (Lipinski definition) is 3. The van der Waals surface area contributed by atoms with E-state index in [0.29, 0.717) is 24.4 Å². The summed E-state index contributed by atoms with van der Waals surface area (Å²) in [6.45, 7) is 0.867. The van der Waals surface area contributed by atoms with Crippen LogP contribution in [0.25, 0.3) is 0 Å². The quantitative estimate of drug-likeness (QED) is 0.832. The largest absolute Gasteiger partial charge is 0.497 e. The molecule has 5 heteroatoms. The van der Waals surface area contributed by atoms with Gasteiger partial charge in [-0.05, 0) is 11.6 Å². The predicted octanol–water partition coefficient (Wildman–Crippen LogP) is 1.22. The zero-order valence-corrected chi connectivity index (χ0v) is 9.44. The molecule has 2 atom stereocenters. The minimum atomic E-state index is -0.893. The maximum Gasteiger partial charge on any atom is 0.308 e. The van der Waals surface area contributed by atoms with E-state index >= 15 is 0 Å². The number of carboxylic acid groups (broad SMARTS) is 1. The van der Waals surface area contributed by atoms with Crippen molar-refractivity contribution in [1.82, 2.24) is 5.32 Å². The van der Waals surface area contributed by atoms with Crippen molar-refractivity contribution in [3.05, 3.63) is 29.6 Å². The number of rotatable bonds is 3. The minimum Gasteiger partial charge on any atom is -0.497 e. The monoisotopic (exact) mass is 239 g/mol. The highest BCUT2D eigenvalue weighted by Gasteiger charge is 2.35. The average Bonchev–Trinajstić information content (AvgIpc) is 2.77. The van der Waals surface area contributed by atoms with E-state index in [4.69, 9.17) is 9.84 Å². The second kappa shape index (κ2) is 4.71. The van der Waals surface area contributed by atoms with Crippen LogP contribution in [0.4, 0.5) is 4.39 Å². The Labute approximate surface area is 98.4 Å². The first kappa shape index (κ1) is 11.9. The predicted molar refractivity (Wildman–Crippen MR) is 59.7 cm³/mol. The minimum absolute atomic E-state index is 0.321. The standard InChI is InChI=1S/C12H14FNO3/c1-17-7-2-3-8(11(13)4-7)9-5-14-6-10(9)12(15)16/h2-4,9-10,14H,5-6H2,1H3,(H,15,16)/t9-,10+/m0/s1. The third-order valence-electron chi connectivity index (χ3n) is 3.14. The van der Waals surface area contributed by atoms with Crippen LogP contribution in [0.1, 0.15) is 11.5 Å². The molecule has 92 valence electrons. The number of hydrogen-bond donors (Lipinski definition) is 2. The zero-order valence-electron chi connectivity index (χ0n) is 9.44. The first-order chi connectivity index (χ1) is 8.13. The first-order valence-corrected chi connectivity index (χ1v) is 5.40. The second-order valence-corrected chi connectivity index (χ2v) is 4.10. The summed E-state index contributed by atoms with van der Waals surface area (Å²) >= 11 is 0. The number of carbonyl (C=O) groups is 1. The summed E-state index contributed by atoms with van der Waals surface area (Å²) in [6, 6.07) is 4.53. The molecule has 2 rings (SSSR count). The first-order valence-electron chi connectivity index (χ1n) is 5.40. The molecular formula is C12H14FNO3. The number of benzene rings is 1. The summed E-state index contributed by atoms with van der Waals surface area (Å²) in [7, 11) is 1.46. The second-order valence-electron chi connectivity index (χ2n) is 4.10. The van der Waals surface area contributed by atoms with Gasteiger partial charge in [-0.25, -0.2) is 4.39 Å². The third kappa shape index (κ3) is 2.24. The van der Waals surface area contributed by atoms with Gasteiger partial charge in [-0.3, -0.25) is 4.79 Å². The van der Waals surface area contributed by atoms with E-state index in [1.54, 1.807) is 12.1 Å². The summed E-state index contributed by atoms with van der Waals surface area (Å²) in [5.41, 5.74) is 0.434. The van der Waals surface area contributed by atoms with Crippen molar-refractivity contribution < 1.29 is 19.0 Å². The van der Waals surface area contributed by atoms with Crippen LogP contribution in [0.3, 0.4) is 0 Å². The van der Waals surface area contributed by atoms with E-state index in [9.17, 15) is 9.18 Å². The van der Waals surface area contributed by atoms with Crippen LogP contribution in [0.2, 0.25) is 0 Å². The van der Waals surface area contributed by atoms with E-state index in [1.165, 1.54) is 13.2 Å². The Morgan fingerprint density at radius 1 is 1.53 bits per heavy atom. The summed E-state index contributed by atoms with van der Waals surface area (Å²) in [5, 5.41) is 12.0. The van der Waals surface area contributed by atoms with Crippen molar-refractivity contribution in [2.24, 2.45) is 5.92 Å². The molecule has 0 aromatic heterocycles. The van der Waals surface area contributed by atoms with Gasteiger partial charge in [0.2, 0.25) is 0 Å². The lowest BCUT2D eigenvalue weighted by atomic mass is 9.88. The van der Waals surface area contributed by atoms with E-state index in [2.05, 4.69) is 5.32 Å². The molecule has 0 saturated carbocycles. The van der Waals surface area contributed by atoms with E-state index < -0.39 is 17.7 Å². The molecule has 0 radical (unpaired) electrons. The molecule has 1 aliphatic rings. The number of ether oxygens (including phenoxy) is 1. The molecule has 2 N–H and O–H groups in total. The third-order valence-corrected chi connectivity index (χ3v) is 3.14. The fraction of sp³-hybridized carbons (Fsp3) is 0.417. The van der Waals surface area contributed by atoms with Gasteiger partial charge in [-0.15, -0.1) is 0 Å². The van der Waals surface area contributed by atoms with Gasteiger partial charge >= 0.3 is 5.97 Å². The Hall–Kier alpha value is -1.62. The lowest BCUT2D eigenvalue weighted by Crippen LogP contribution is -2.21. The Balaban J connectivity index is 2.30. The summed E-state index contributed by atoms with van der Waals surface area (Å²) in [5.74, 6) is -1.76. The van der Waals surface area contributed by atoms with E-state index in [-0.39, 0.29) is 5.92 Å². The average molecular weight is 239 g/mol. The van der Waals surface area contributed by atoms with Crippen LogP contribution in [0.5, 0.6) is 5.75 Å². The molecule has 0 spiro atoms. The van der Waals surface area contributed by atoms with Crippen LogP contribution in [0, 0.1) is 11.7 Å². The lowest BCUT2D eigenvalue weighted by Gasteiger charge is -2.16. The van der Waals surface area contributed by atoms with Gasteiger partial charge in [0.25, 0.3) is 0 Å². The Bertz CT molecular complexity index is 436. The lowest BCUT2D eigenvalue weighted by molar-refractivity contribution is -0.141. The van der Waals surface area contributed by atoms with Crippen LogP contribution in [0.15, 0.2) is 18.2 Å². The van der Waals surface area contributed by atoms with Crippen molar-refractivity contribution in [3.8, 4) is 5.75 Å². The molecule has 0 amide bonds. The molecule has 1 aromatic carbocycles. The molecular weight excluding hydrogens is 225 g/mol. The van der Waals surface area contributed by atoms with Crippen molar-refractivity contribution in [3.63, 3.8) is 0 Å². The van der Waals surface area contributed by atoms with Crippen LogP contribution >= 0.6 is 0 Å². The highest BCUT2D eigenvalue weighted by atomic mass is 19.1. The summed E-state index contributed by atoms with van der Waals surface area (Å²) < 4.78 is 18.7. The molecule has 1 heterocycles. The van der Waals surface area contributed by atoms with Crippen LogP contribution in [-0.2, 0) is 4.79 Å². The number of nitrogens with one attached hydrogen (secondary N) is 1. The summed E-state index contributed by atoms with van der Waals surface area (Å²) in [4.78, 5) is 11.0. The van der Waals surface area contributed by atoms with Crippen molar-refractivity contribution in [2.45, 2.75) is 5.92 Å². The van der Waals surface area contributed by atoms with Crippen molar-refractivity contribution in [1.29, 1.82) is 0 Å². The number of halogens is 1. The fourth-order valence-electron chi connectivity index (χ4n) is 2.20. The molecule has 4 nitrogen and oxygen atoms in total. The van der Waals surface area contributed by atoms with Gasteiger partial charge in [-0.2, -0.15) is 0 Å². The number of methoxy groups -OCH3 is 1. The Kier molecular flexibility index (Phi) is 3.28. The number of carboxylic acids is 1. The molecule has 0 aliphatic carbocycles. The normalized spacial score (nSPS) is 23.6.